The highest BCUT2D eigenvalue weighted by atomic mass is 32.2. The van der Waals surface area contributed by atoms with Gasteiger partial charge < -0.3 is 4.90 Å². The first-order chi connectivity index (χ1) is 5.61. The summed E-state index contributed by atoms with van der Waals surface area (Å²) >= 11 is 0. The molecular weight excluding hydrogens is 174 g/mol. The third kappa shape index (κ3) is 2.30. The van der Waals surface area contributed by atoms with Crippen LogP contribution in [0.5, 0.6) is 0 Å². The molecule has 4 heteroatoms. The summed E-state index contributed by atoms with van der Waals surface area (Å²) in [4.78, 5) is 12.9. The molecule has 0 aromatic heterocycles. The Hall–Kier alpha value is -0.380. The van der Waals surface area contributed by atoms with Crippen LogP contribution < -0.4 is 0 Å². The van der Waals surface area contributed by atoms with Crippen LogP contribution in [0.15, 0.2) is 0 Å². The first kappa shape index (κ1) is 9.71. The van der Waals surface area contributed by atoms with Gasteiger partial charge in [-0.3, -0.25) is 9.00 Å². The molecule has 3 nitrogen and oxygen atoms in total. The largest absolute Gasteiger partial charge is 0.339 e. The molecule has 0 N–H and O–H groups in total. The third-order valence-electron chi connectivity index (χ3n) is 2.26. The molecule has 1 saturated heterocycles. The molecule has 12 heavy (non-hydrogen) atoms. The van der Waals surface area contributed by atoms with E-state index >= 15 is 0 Å². The predicted molar refractivity (Wildman–Crippen MR) is 49.3 cm³/mol. The lowest BCUT2D eigenvalue weighted by Gasteiger charge is -2.24. The average molecular weight is 189 g/mol. The lowest BCUT2D eigenvalue weighted by Crippen LogP contribution is -2.37. The van der Waals surface area contributed by atoms with Crippen LogP contribution in [0.25, 0.3) is 0 Å². The molecule has 2 unspecified atom stereocenters. The van der Waals surface area contributed by atoms with Crippen LogP contribution in [0.2, 0.25) is 0 Å². The summed E-state index contributed by atoms with van der Waals surface area (Å²) in [5.74, 6) is 1.48. The van der Waals surface area contributed by atoms with Gasteiger partial charge in [-0.05, 0) is 13.3 Å². The molecule has 0 bridgehead atoms. The van der Waals surface area contributed by atoms with Crippen LogP contribution >= 0.6 is 0 Å². The van der Waals surface area contributed by atoms with E-state index in [4.69, 9.17) is 0 Å². The number of hydrogen-bond acceptors (Lipinski definition) is 2. The van der Waals surface area contributed by atoms with Crippen molar-refractivity contribution in [3.8, 4) is 0 Å². The first-order valence-corrected chi connectivity index (χ1v) is 5.72. The highest BCUT2D eigenvalue weighted by Gasteiger charge is 2.21. The Labute approximate surface area is 75.6 Å². The van der Waals surface area contributed by atoms with Crippen LogP contribution in [0.1, 0.15) is 20.3 Å². The molecule has 1 fully saturated rings. The van der Waals surface area contributed by atoms with Crippen LogP contribution in [0.3, 0.4) is 0 Å². The lowest BCUT2D eigenvalue weighted by atomic mass is 10.2. The Balaban J connectivity index is 2.62. The molecule has 0 saturated carbocycles. The van der Waals surface area contributed by atoms with Gasteiger partial charge in [0.15, 0.2) is 0 Å². The highest BCUT2D eigenvalue weighted by molar-refractivity contribution is 7.85. The van der Waals surface area contributed by atoms with Crippen LogP contribution in [-0.4, -0.2) is 39.1 Å². The monoisotopic (exact) mass is 189 g/mol. The van der Waals surface area contributed by atoms with E-state index in [0.29, 0.717) is 12.3 Å². The van der Waals surface area contributed by atoms with Crippen molar-refractivity contribution in [2.45, 2.75) is 26.3 Å². The summed E-state index contributed by atoms with van der Waals surface area (Å²) in [6.07, 6.45) is 0.867. The van der Waals surface area contributed by atoms with Crippen LogP contribution in [0.4, 0.5) is 0 Å². The fraction of sp³-hybridized carbons (Fsp3) is 0.875. The Bertz CT molecular complexity index is 205. The summed E-state index contributed by atoms with van der Waals surface area (Å²) < 4.78 is 11.2. The van der Waals surface area contributed by atoms with E-state index in [-0.39, 0.29) is 11.9 Å². The molecule has 0 aliphatic carbocycles. The second-order valence-corrected chi connectivity index (χ2v) is 4.89. The van der Waals surface area contributed by atoms with E-state index in [9.17, 15) is 9.00 Å². The maximum atomic E-state index is 11.2. The van der Waals surface area contributed by atoms with E-state index in [0.717, 1.165) is 12.2 Å². The predicted octanol–water partition coefficient (Wildman–Crippen LogP) is 0.376. The van der Waals surface area contributed by atoms with E-state index in [1.807, 2.05) is 11.8 Å². The first-order valence-electron chi connectivity index (χ1n) is 4.23. The number of rotatable bonds is 0. The number of amides is 1. The van der Waals surface area contributed by atoms with Gasteiger partial charge in [0.1, 0.15) is 0 Å². The molecule has 1 aliphatic heterocycles. The Morgan fingerprint density at radius 3 is 2.75 bits per heavy atom. The van der Waals surface area contributed by atoms with E-state index in [1.165, 1.54) is 0 Å². The summed E-state index contributed by atoms with van der Waals surface area (Å²) in [7, 11) is -0.709. The molecule has 1 aliphatic rings. The lowest BCUT2D eigenvalue weighted by molar-refractivity contribution is -0.130. The molecule has 0 radical (unpaired) electrons. The highest BCUT2D eigenvalue weighted by Crippen LogP contribution is 2.09. The van der Waals surface area contributed by atoms with E-state index < -0.39 is 10.8 Å². The van der Waals surface area contributed by atoms with E-state index in [1.54, 1.807) is 6.92 Å². The molecule has 1 rings (SSSR count). The minimum absolute atomic E-state index is 0.0985. The van der Waals surface area contributed by atoms with Gasteiger partial charge in [-0.25, -0.2) is 0 Å². The van der Waals surface area contributed by atoms with Gasteiger partial charge in [-0.2, -0.15) is 0 Å². The van der Waals surface area contributed by atoms with Gasteiger partial charge in [0, 0.05) is 41.8 Å². The van der Waals surface area contributed by atoms with Crippen molar-refractivity contribution in [1.82, 2.24) is 4.90 Å². The molecule has 1 heterocycles. The SMILES string of the molecule is CC(=O)N1CCS(=O)CCC1C. The van der Waals surface area contributed by atoms with Crippen LogP contribution in [0, 0.1) is 0 Å². The smallest absolute Gasteiger partial charge is 0.219 e. The minimum Gasteiger partial charge on any atom is -0.339 e. The van der Waals surface area contributed by atoms with Crippen molar-refractivity contribution in [3.63, 3.8) is 0 Å². The normalized spacial score (nSPS) is 31.3. The number of hydrogen-bond donors (Lipinski definition) is 0. The van der Waals surface area contributed by atoms with Gasteiger partial charge in [0.05, 0.1) is 0 Å². The molecule has 0 aromatic carbocycles. The zero-order valence-corrected chi connectivity index (χ0v) is 8.39. The molecule has 2 atom stereocenters. The van der Waals surface area contributed by atoms with Gasteiger partial charge in [0.2, 0.25) is 5.91 Å². The average Bonchev–Trinajstić information content (AvgIpc) is 2.14. The molecule has 1 amide bonds. The molecule has 0 aromatic rings. The Morgan fingerprint density at radius 1 is 1.50 bits per heavy atom. The summed E-state index contributed by atoms with van der Waals surface area (Å²) in [5, 5.41) is 0. The van der Waals surface area contributed by atoms with Crippen molar-refractivity contribution in [3.05, 3.63) is 0 Å². The number of carbonyl (C=O) groups is 1. The standard InChI is InChI=1S/C8H15NO2S/c1-7-3-5-12(11)6-4-9(7)8(2)10/h7H,3-6H2,1-2H3. The Morgan fingerprint density at radius 2 is 2.17 bits per heavy atom. The fourth-order valence-corrected chi connectivity index (χ4v) is 2.66. The second kappa shape index (κ2) is 4.03. The molecule has 70 valence electrons. The van der Waals surface area contributed by atoms with Crippen molar-refractivity contribution < 1.29 is 9.00 Å². The third-order valence-corrected chi connectivity index (χ3v) is 3.59. The van der Waals surface area contributed by atoms with Crippen molar-refractivity contribution in [1.29, 1.82) is 0 Å². The number of carbonyl (C=O) groups excluding carboxylic acids is 1. The van der Waals surface area contributed by atoms with Crippen molar-refractivity contribution in [2.24, 2.45) is 0 Å². The van der Waals surface area contributed by atoms with Gasteiger partial charge >= 0.3 is 0 Å². The van der Waals surface area contributed by atoms with Crippen LogP contribution in [-0.2, 0) is 15.6 Å². The minimum atomic E-state index is -0.709. The van der Waals surface area contributed by atoms with Gasteiger partial charge in [0.25, 0.3) is 0 Å². The van der Waals surface area contributed by atoms with Crippen molar-refractivity contribution >= 4 is 16.7 Å². The zero-order chi connectivity index (χ0) is 9.14. The van der Waals surface area contributed by atoms with Crippen molar-refractivity contribution in [2.75, 3.05) is 18.1 Å². The topological polar surface area (TPSA) is 37.4 Å². The zero-order valence-electron chi connectivity index (χ0n) is 7.58. The summed E-state index contributed by atoms with van der Waals surface area (Å²) in [6.45, 7) is 4.25. The maximum Gasteiger partial charge on any atom is 0.219 e. The fourth-order valence-electron chi connectivity index (χ4n) is 1.45. The summed E-state index contributed by atoms with van der Waals surface area (Å²) in [6, 6.07) is 0.258. The summed E-state index contributed by atoms with van der Waals surface area (Å²) in [5.41, 5.74) is 0. The molecule has 0 spiro atoms. The maximum absolute atomic E-state index is 11.2. The number of nitrogens with zero attached hydrogens (tertiary/aromatic N) is 1. The second-order valence-electron chi connectivity index (χ2n) is 3.20. The van der Waals surface area contributed by atoms with Gasteiger partial charge in [-0.1, -0.05) is 0 Å². The molecular formula is C8H15NO2S. The van der Waals surface area contributed by atoms with E-state index in [2.05, 4.69) is 0 Å². The Kier molecular flexibility index (Phi) is 3.26. The quantitative estimate of drug-likeness (QED) is 0.552. The van der Waals surface area contributed by atoms with Gasteiger partial charge in [-0.15, -0.1) is 0 Å².